The molecular weight excluding hydrogens is 404 g/mol. The molecule has 5 rings (SSSR count). The van der Waals surface area contributed by atoms with Crippen molar-refractivity contribution in [1.82, 2.24) is 10.2 Å². The van der Waals surface area contributed by atoms with Crippen molar-refractivity contribution in [2.24, 2.45) is 5.92 Å². The van der Waals surface area contributed by atoms with Crippen LogP contribution in [0.25, 0.3) is 0 Å². The van der Waals surface area contributed by atoms with Gasteiger partial charge in [0.05, 0.1) is 6.04 Å². The Labute approximate surface area is 188 Å². The van der Waals surface area contributed by atoms with Gasteiger partial charge in [-0.05, 0) is 61.9 Å². The molecule has 6 nitrogen and oxygen atoms in total. The summed E-state index contributed by atoms with van der Waals surface area (Å²) in [5, 5.41) is 3.16. The lowest BCUT2D eigenvalue weighted by Gasteiger charge is -2.34. The van der Waals surface area contributed by atoms with Crippen molar-refractivity contribution < 1.29 is 19.1 Å². The van der Waals surface area contributed by atoms with Gasteiger partial charge in [-0.2, -0.15) is 0 Å². The second-order valence-corrected chi connectivity index (χ2v) is 9.08. The normalized spacial score (nSPS) is 25.0. The molecule has 1 saturated carbocycles. The third kappa shape index (κ3) is 3.94. The van der Waals surface area contributed by atoms with Gasteiger partial charge in [0.15, 0.2) is 11.5 Å². The molecule has 2 fully saturated rings. The van der Waals surface area contributed by atoms with Gasteiger partial charge in [-0.1, -0.05) is 37.1 Å². The van der Waals surface area contributed by atoms with Crippen LogP contribution in [0.3, 0.4) is 0 Å². The van der Waals surface area contributed by atoms with Crippen LogP contribution in [0.4, 0.5) is 0 Å². The minimum absolute atomic E-state index is 0.0351. The summed E-state index contributed by atoms with van der Waals surface area (Å²) in [6.07, 6.45) is 5.09. The molecule has 4 atom stereocenters. The first-order valence-electron chi connectivity index (χ1n) is 11.7. The molecule has 2 amide bonds. The third-order valence-electron chi connectivity index (χ3n) is 7.07. The summed E-state index contributed by atoms with van der Waals surface area (Å²) in [7, 11) is 0. The highest BCUT2D eigenvalue weighted by Gasteiger charge is 2.47. The summed E-state index contributed by atoms with van der Waals surface area (Å²) in [4.78, 5) is 28.8. The van der Waals surface area contributed by atoms with E-state index in [0.717, 1.165) is 37.0 Å². The quantitative estimate of drug-likeness (QED) is 0.787. The van der Waals surface area contributed by atoms with Crippen LogP contribution < -0.4 is 14.8 Å². The van der Waals surface area contributed by atoms with E-state index in [9.17, 15) is 9.59 Å². The molecule has 3 aliphatic rings. The van der Waals surface area contributed by atoms with Gasteiger partial charge in [0.2, 0.25) is 5.91 Å². The van der Waals surface area contributed by atoms with E-state index in [0.29, 0.717) is 30.4 Å². The molecule has 168 valence electrons. The van der Waals surface area contributed by atoms with Gasteiger partial charge in [0.1, 0.15) is 19.3 Å². The van der Waals surface area contributed by atoms with Crippen molar-refractivity contribution in [3.63, 3.8) is 0 Å². The zero-order valence-corrected chi connectivity index (χ0v) is 18.5. The zero-order valence-electron chi connectivity index (χ0n) is 18.5. The van der Waals surface area contributed by atoms with E-state index < -0.39 is 6.04 Å². The maximum atomic E-state index is 13.4. The predicted molar refractivity (Wildman–Crippen MR) is 121 cm³/mol. The number of nitrogens with one attached hydrogen (secondary N) is 1. The van der Waals surface area contributed by atoms with Crippen LogP contribution in [-0.4, -0.2) is 42.0 Å². The maximum Gasteiger partial charge on any atom is 0.254 e. The first-order valence-corrected chi connectivity index (χ1v) is 11.7. The number of carbonyl (C=O) groups is 2. The van der Waals surface area contributed by atoms with Crippen LogP contribution in [0, 0.1) is 5.92 Å². The maximum absolute atomic E-state index is 13.4. The molecule has 0 spiro atoms. The van der Waals surface area contributed by atoms with E-state index in [-0.39, 0.29) is 23.9 Å². The molecule has 0 radical (unpaired) electrons. The average molecular weight is 435 g/mol. The highest BCUT2D eigenvalue weighted by Crippen LogP contribution is 2.41. The molecule has 32 heavy (non-hydrogen) atoms. The molecule has 6 heteroatoms. The zero-order chi connectivity index (χ0) is 22.1. The predicted octanol–water partition coefficient (Wildman–Crippen LogP) is 4.11. The number of fused-ring (bicyclic) bond motifs is 2. The Bertz CT molecular complexity index is 993. The van der Waals surface area contributed by atoms with Crippen LogP contribution in [-0.2, 0) is 4.79 Å². The standard InChI is InChI=1S/C26H30N2O4/c1-17(19-11-12-23-24(16-19)32-14-13-31-23)27-25(29)22-15-20-9-5-6-10-21(20)28(22)26(30)18-7-3-2-4-8-18/h2-4,7-8,11-12,16-17,20-22H,5-6,9-10,13-15H2,1H3,(H,27,29). The van der Waals surface area contributed by atoms with Gasteiger partial charge in [0, 0.05) is 11.6 Å². The fourth-order valence-corrected chi connectivity index (χ4v) is 5.44. The molecule has 1 N–H and O–H groups in total. The van der Waals surface area contributed by atoms with Crippen LogP contribution in [0.5, 0.6) is 11.5 Å². The number of hydrogen-bond donors (Lipinski definition) is 1. The summed E-state index contributed by atoms with van der Waals surface area (Å²) in [5.74, 6) is 1.73. The van der Waals surface area contributed by atoms with Crippen molar-refractivity contribution in [3.8, 4) is 11.5 Å². The molecule has 2 heterocycles. The van der Waals surface area contributed by atoms with Crippen molar-refractivity contribution in [1.29, 1.82) is 0 Å². The Hall–Kier alpha value is -3.02. The van der Waals surface area contributed by atoms with E-state index in [1.165, 1.54) is 6.42 Å². The van der Waals surface area contributed by atoms with Crippen molar-refractivity contribution >= 4 is 11.8 Å². The number of carbonyl (C=O) groups excluding carboxylic acids is 2. The Morgan fingerprint density at radius 1 is 1.00 bits per heavy atom. The van der Waals surface area contributed by atoms with Crippen molar-refractivity contribution in [2.45, 2.75) is 57.2 Å². The van der Waals surface area contributed by atoms with E-state index in [1.54, 1.807) is 0 Å². The fourth-order valence-electron chi connectivity index (χ4n) is 5.44. The number of benzene rings is 2. The molecule has 0 bridgehead atoms. The lowest BCUT2D eigenvalue weighted by atomic mass is 9.84. The second-order valence-electron chi connectivity index (χ2n) is 9.08. The summed E-state index contributed by atoms with van der Waals surface area (Å²) in [6.45, 7) is 3.04. The average Bonchev–Trinajstić information content (AvgIpc) is 3.23. The molecule has 2 aromatic carbocycles. The van der Waals surface area contributed by atoms with E-state index >= 15 is 0 Å². The highest BCUT2D eigenvalue weighted by molar-refractivity contribution is 5.98. The van der Waals surface area contributed by atoms with Gasteiger partial charge in [0.25, 0.3) is 5.91 Å². The Morgan fingerprint density at radius 3 is 2.56 bits per heavy atom. The largest absolute Gasteiger partial charge is 0.486 e. The summed E-state index contributed by atoms with van der Waals surface area (Å²) in [5.41, 5.74) is 1.61. The van der Waals surface area contributed by atoms with E-state index in [2.05, 4.69) is 5.32 Å². The van der Waals surface area contributed by atoms with Gasteiger partial charge in [-0.3, -0.25) is 9.59 Å². The van der Waals surface area contributed by atoms with Gasteiger partial charge >= 0.3 is 0 Å². The first kappa shape index (κ1) is 20.9. The van der Waals surface area contributed by atoms with Crippen molar-refractivity contribution in [3.05, 3.63) is 59.7 Å². The van der Waals surface area contributed by atoms with Crippen molar-refractivity contribution in [2.75, 3.05) is 13.2 Å². The summed E-state index contributed by atoms with van der Waals surface area (Å²) < 4.78 is 11.3. The SMILES string of the molecule is CC(NC(=O)C1CC2CCCCC2N1C(=O)c1ccccc1)c1ccc2c(c1)OCCO2. The van der Waals surface area contributed by atoms with Gasteiger partial charge in [-0.15, -0.1) is 0 Å². The Morgan fingerprint density at radius 2 is 1.75 bits per heavy atom. The number of hydrogen-bond acceptors (Lipinski definition) is 4. The van der Waals surface area contributed by atoms with Gasteiger partial charge < -0.3 is 19.7 Å². The van der Waals surface area contributed by atoms with Crippen LogP contribution in [0.1, 0.15) is 61.0 Å². The van der Waals surface area contributed by atoms with Crippen LogP contribution >= 0.6 is 0 Å². The Kier molecular flexibility index (Phi) is 5.77. The van der Waals surface area contributed by atoms with Crippen LogP contribution in [0.15, 0.2) is 48.5 Å². The second kappa shape index (κ2) is 8.85. The molecule has 2 aromatic rings. The highest BCUT2D eigenvalue weighted by atomic mass is 16.6. The topological polar surface area (TPSA) is 67.9 Å². The lowest BCUT2D eigenvalue weighted by molar-refractivity contribution is -0.125. The smallest absolute Gasteiger partial charge is 0.254 e. The molecule has 1 saturated heterocycles. The molecule has 4 unspecified atom stereocenters. The number of ether oxygens (including phenoxy) is 2. The first-order chi connectivity index (χ1) is 15.6. The molecule has 1 aliphatic carbocycles. The summed E-state index contributed by atoms with van der Waals surface area (Å²) in [6, 6.07) is 14.6. The Balaban J connectivity index is 1.35. The number of likely N-dealkylation sites (tertiary alicyclic amines) is 1. The lowest BCUT2D eigenvalue weighted by Crippen LogP contribution is -2.50. The van der Waals surface area contributed by atoms with Crippen LogP contribution in [0.2, 0.25) is 0 Å². The molecule has 0 aromatic heterocycles. The summed E-state index contributed by atoms with van der Waals surface area (Å²) >= 11 is 0. The van der Waals surface area contributed by atoms with Gasteiger partial charge in [-0.25, -0.2) is 0 Å². The molecule has 2 aliphatic heterocycles. The van der Waals surface area contributed by atoms with E-state index in [4.69, 9.17) is 9.47 Å². The third-order valence-corrected chi connectivity index (χ3v) is 7.07. The molecular formula is C26H30N2O4. The number of nitrogens with zero attached hydrogens (tertiary/aromatic N) is 1. The van der Waals surface area contributed by atoms with E-state index in [1.807, 2.05) is 60.4 Å². The number of rotatable bonds is 4. The number of amides is 2. The minimum atomic E-state index is -0.435. The monoisotopic (exact) mass is 434 g/mol. The minimum Gasteiger partial charge on any atom is -0.486 e. The fraction of sp³-hybridized carbons (Fsp3) is 0.462.